The van der Waals surface area contributed by atoms with E-state index in [2.05, 4.69) is 27.0 Å². The molecule has 0 unspecified atom stereocenters. The summed E-state index contributed by atoms with van der Waals surface area (Å²) in [6.07, 6.45) is 4.05. The van der Waals surface area contributed by atoms with Gasteiger partial charge in [0.25, 0.3) is 0 Å². The predicted molar refractivity (Wildman–Crippen MR) is 90.3 cm³/mol. The highest BCUT2D eigenvalue weighted by Crippen LogP contribution is 2.30. The quantitative estimate of drug-likeness (QED) is 0.808. The molecule has 1 aromatic carbocycles. The number of piperidine rings is 1. The molecule has 2 aromatic heterocycles. The van der Waals surface area contributed by atoms with Gasteiger partial charge in [-0.2, -0.15) is 0 Å². The second-order valence-electron chi connectivity index (χ2n) is 5.87. The van der Waals surface area contributed by atoms with Crippen LogP contribution in [0.25, 0.3) is 16.9 Å². The van der Waals surface area contributed by atoms with E-state index in [0.717, 1.165) is 54.4 Å². The van der Waals surface area contributed by atoms with Gasteiger partial charge >= 0.3 is 0 Å². The van der Waals surface area contributed by atoms with Crippen molar-refractivity contribution < 1.29 is 4.74 Å². The van der Waals surface area contributed by atoms with Crippen LogP contribution in [0.1, 0.15) is 24.6 Å². The number of benzene rings is 1. The molecule has 0 aliphatic carbocycles. The zero-order valence-electron chi connectivity index (χ0n) is 13.2. The highest BCUT2D eigenvalue weighted by atomic mass is 16.5. The second kappa shape index (κ2) is 6.01. The van der Waals surface area contributed by atoms with Crippen LogP contribution in [0.2, 0.25) is 0 Å². The molecule has 0 bridgehead atoms. The van der Waals surface area contributed by atoms with Crippen molar-refractivity contribution in [1.29, 1.82) is 0 Å². The van der Waals surface area contributed by atoms with E-state index in [1.54, 1.807) is 7.11 Å². The number of ether oxygens (including phenoxy) is 1. The third kappa shape index (κ3) is 2.57. The molecule has 0 spiro atoms. The molecule has 4 rings (SSSR count). The van der Waals surface area contributed by atoms with Gasteiger partial charge in [-0.25, -0.2) is 9.97 Å². The third-order valence-corrected chi connectivity index (χ3v) is 4.48. The third-order valence-electron chi connectivity index (χ3n) is 4.48. The Kier molecular flexibility index (Phi) is 3.71. The van der Waals surface area contributed by atoms with Crippen molar-refractivity contribution in [3.63, 3.8) is 0 Å². The number of hydrogen-bond acceptors (Lipinski definition) is 4. The SMILES string of the molecule is COc1ccc(-n2c(C3CCNCC3)nc3cccnc32)cc1. The Hall–Kier alpha value is -2.40. The lowest BCUT2D eigenvalue weighted by Gasteiger charge is -2.23. The summed E-state index contributed by atoms with van der Waals surface area (Å²) in [6.45, 7) is 2.09. The Morgan fingerprint density at radius 3 is 2.65 bits per heavy atom. The van der Waals surface area contributed by atoms with Crippen LogP contribution in [0.3, 0.4) is 0 Å². The number of methoxy groups -OCH3 is 1. The topological polar surface area (TPSA) is 52.0 Å². The maximum atomic E-state index is 5.27. The first-order valence-electron chi connectivity index (χ1n) is 8.05. The first-order chi connectivity index (χ1) is 11.4. The van der Waals surface area contributed by atoms with Crippen molar-refractivity contribution in [1.82, 2.24) is 19.9 Å². The summed E-state index contributed by atoms with van der Waals surface area (Å²) in [7, 11) is 1.68. The van der Waals surface area contributed by atoms with E-state index < -0.39 is 0 Å². The maximum absolute atomic E-state index is 5.27. The molecule has 0 amide bonds. The van der Waals surface area contributed by atoms with Gasteiger partial charge in [-0.05, 0) is 62.3 Å². The first kappa shape index (κ1) is 14.2. The zero-order valence-corrected chi connectivity index (χ0v) is 13.2. The molecule has 1 aliphatic rings. The van der Waals surface area contributed by atoms with E-state index in [1.165, 1.54) is 0 Å². The molecule has 1 saturated heterocycles. The van der Waals surface area contributed by atoms with Crippen LogP contribution in [0.5, 0.6) is 5.75 Å². The van der Waals surface area contributed by atoms with Crippen molar-refractivity contribution in [2.24, 2.45) is 0 Å². The lowest BCUT2D eigenvalue weighted by Crippen LogP contribution is -2.28. The smallest absolute Gasteiger partial charge is 0.164 e. The average molecular weight is 308 g/mol. The molecule has 0 atom stereocenters. The first-order valence-corrected chi connectivity index (χ1v) is 8.05. The van der Waals surface area contributed by atoms with Gasteiger partial charge in [0.05, 0.1) is 7.11 Å². The molecule has 1 N–H and O–H groups in total. The fourth-order valence-electron chi connectivity index (χ4n) is 3.27. The number of nitrogens with one attached hydrogen (secondary N) is 1. The molecule has 5 heteroatoms. The highest BCUT2D eigenvalue weighted by molar-refractivity contribution is 5.74. The molecule has 5 nitrogen and oxygen atoms in total. The fraction of sp³-hybridized carbons (Fsp3) is 0.333. The molecular formula is C18H20N4O. The molecule has 118 valence electrons. The van der Waals surface area contributed by atoms with Crippen molar-refractivity contribution in [2.45, 2.75) is 18.8 Å². The summed E-state index contributed by atoms with van der Waals surface area (Å²) in [5.74, 6) is 2.44. The minimum absolute atomic E-state index is 0.465. The van der Waals surface area contributed by atoms with E-state index in [4.69, 9.17) is 9.72 Å². The van der Waals surface area contributed by atoms with Crippen molar-refractivity contribution in [2.75, 3.05) is 20.2 Å². The van der Waals surface area contributed by atoms with Crippen LogP contribution < -0.4 is 10.1 Å². The number of pyridine rings is 1. The average Bonchev–Trinajstić information content (AvgIpc) is 3.02. The standard InChI is InChI=1S/C18H20N4O/c1-23-15-6-4-14(5-7-15)22-17(13-8-11-19-12-9-13)21-16-3-2-10-20-18(16)22/h2-7,10,13,19H,8-9,11-12H2,1H3. The summed E-state index contributed by atoms with van der Waals surface area (Å²) >= 11 is 0. The van der Waals surface area contributed by atoms with Gasteiger partial charge in [0.2, 0.25) is 0 Å². The number of nitrogens with zero attached hydrogens (tertiary/aromatic N) is 3. The van der Waals surface area contributed by atoms with Gasteiger partial charge in [0, 0.05) is 17.8 Å². The molecular weight excluding hydrogens is 288 g/mol. The van der Waals surface area contributed by atoms with Crippen LogP contribution in [-0.4, -0.2) is 34.7 Å². The van der Waals surface area contributed by atoms with E-state index in [9.17, 15) is 0 Å². The van der Waals surface area contributed by atoms with Gasteiger partial charge in [-0.15, -0.1) is 0 Å². The molecule has 1 aliphatic heterocycles. The number of imidazole rings is 1. The Bertz CT molecular complexity index is 804. The minimum Gasteiger partial charge on any atom is -0.497 e. The Morgan fingerprint density at radius 1 is 1.13 bits per heavy atom. The number of rotatable bonds is 3. The van der Waals surface area contributed by atoms with Crippen molar-refractivity contribution >= 4 is 11.2 Å². The minimum atomic E-state index is 0.465. The van der Waals surface area contributed by atoms with Crippen molar-refractivity contribution in [3.05, 3.63) is 48.4 Å². The van der Waals surface area contributed by atoms with Crippen molar-refractivity contribution in [3.8, 4) is 11.4 Å². The second-order valence-corrected chi connectivity index (χ2v) is 5.87. The van der Waals surface area contributed by atoms with Gasteiger partial charge in [-0.3, -0.25) is 4.57 Å². The van der Waals surface area contributed by atoms with E-state index in [1.807, 2.05) is 30.5 Å². The molecule has 0 radical (unpaired) electrons. The van der Waals surface area contributed by atoms with Gasteiger partial charge in [0.15, 0.2) is 5.65 Å². The summed E-state index contributed by atoms with van der Waals surface area (Å²) in [5, 5.41) is 3.42. The van der Waals surface area contributed by atoms with Crippen LogP contribution in [0.4, 0.5) is 0 Å². The van der Waals surface area contributed by atoms with E-state index >= 15 is 0 Å². The lowest BCUT2D eigenvalue weighted by molar-refractivity contribution is 0.414. The molecule has 3 heterocycles. The maximum Gasteiger partial charge on any atom is 0.164 e. The van der Waals surface area contributed by atoms with Crippen LogP contribution >= 0.6 is 0 Å². The Balaban J connectivity index is 1.87. The van der Waals surface area contributed by atoms with E-state index in [-0.39, 0.29) is 0 Å². The molecule has 1 fully saturated rings. The normalized spacial score (nSPS) is 15.9. The number of hydrogen-bond donors (Lipinski definition) is 1. The summed E-state index contributed by atoms with van der Waals surface area (Å²) in [6, 6.07) is 12.1. The van der Waals surface area contributed by atoms with Gasteiger partial charge in [-0.1, -0.05) is 0 Å². The lowest BCUT2D eigenvalue weighted by atomic mass is 9.97. The van der Waals surface area contributed by atoms with Crippen LogP contribution in [0.15, 0.2) is 42.6 Å². The number of fused-ring (bicyclic) bond motifs is 1. The van der Waals surface area contributed by atoms with Gasteiger partial charge < -0.3 is 10.1 Å². The summed E-state index contributed by atoms with van der Waals surface area (Å²) in [4.78, 5) is 9.47. The molecule has 23 heavy (non-hydrogen) atoms. The highest BCUT2D eigenvalue weighted by Gasteiger charge is 2.23. The van der Waals surface area contributed by atoms with E-state index in [0.29, 0.717) is 5.92 Å². The molecule has 3 aromatic rings. The monoisotopic (exact) mass is 308 g/mol. The fourth-order valence-corrected chi connectivity index (χ4v) is 3.27. The zero-order chi connectivity index (χ0) is 15.6. The summed E-state index contributed by atoms with van der Waals surface area (Å²) < 4.78 is 7.47. The predicted octanol–water partition coefficient (Wildman–Crippen LogP) is 2.90. The van der Waals surface area contributed by atoms with Crippen LogP contribution in [0, 0.1) is 0 Å². The Labute approximate surface area is 135 Å². The largest absolute Gasteiger partial charge is 0.497 e. The Morgan fingerprint density at radius 2 is 1.91 bits per heavy atom. The summed E-state index contributed by atoms with van der Waals surface area (Å²) in [5.41, 5.74) is 2.96. The molecule has 0 saturated carbocycles. The van der Waals surface area contributed by atoms with Gasteiger partial charge in [0.1, 0.15) is 17.1 Å². The number of aromatic nitrogens is 3. The van der Waals surface area contributed by atoms with Crippen LogP contribution in [-0.2, 0) is 0 Å².